The lowest BCUT2D eigenvalue weighted by Gasteiger charge is -2.14. The monoisotopic (exact) mass is 221 g/mol. The van der Waals surface area contributed by atoms with Gasteiger partial charge in [0.2, 0.25) is 0 Å². The van der Waals surface area contributed by atoms with Gasteiger partial charge in [-0.15, -0.1) is 10.2 Å². The molecule has 86 valence electrons. The summed E-state index contributed by atoms with van der Waals surface area (Å²) in [4.78, 5) is 5.56. The number of nitrogens with zero attached hydrogens (tertiary/aromatic N) is 6. The van der Waals surface area contributed by atoms with E-state index in [4.69, 9.17) is 0 Å². The van der Waals surface area contributed by atoms with Crippen LogP contribution >= 0.6 is 0 Å². The summed E-state index contributed by atoms with van der Waals surface area (Å²) in [5.41, 5.74) is 1.11. The van der Waals surface area contributed by atoms with Crippen molar-refractivity contribution in [3.05, 3.63) is 24.0 Å². The maximum absolute atomic E-state index is 4.16. The topological polar surface area (TPSA) is 73.5 Å². The normalized spacial score (nSPS) is 12.9. The Morgan fingerprint density at radius 1 is 1.44 bits per heavy atom. The fraction of sp³-hybridized carbons (Fsp3) is 0.556. The third-order valence-electron chi connectivity index (χ3n) is 2.50. The van der Waals surface area contributed by atoms with E-state index in [0.29, 0.717) is 6.42 Å². The van der Waals surface area contributed by atoms with E-state index < -0.39 is 0 Å². The van der Waals surface area contributed by atoms with E-state index >= 15 is 0 Å². The number of rotatable bonds is 4. The van der Waals surface area contributed by atoms with Crippen molar-refractivity contribution in [1.29, 1.82) is 0 Å². The summed E-state index contributed by atoms with van der Waals surface area (Å²) < 4.78 is 1.98. The molecule has 0 aromatic carbocycles. The first-order valence-corrected chi connectivity index (χ1v) is 5.07. The molecule has 0 spiro atoms. The number of hydrogen-bond acceptors (Lipinski definition) is 5. The van der Waals surface area contributed by atoms with Gasteiger partial charge >= 0.3 is 0 Å². The average Bonchev–Trinajstić information content (AvgIpc) is 2.84. The SMILES string of the molecule is CNC(Cc1nnn(C)n1)c1cncn1C. The zero-order chi connectivity index (χ0) is 11.5. The largest absolute Gasteiger partial charge is 0.336 e. The van der Waals surface area contributed by atoms with Crippen LogP contribution in [0.1, 0.15) is 17.6 Å². The molecule has 2 aromatic heterocycles. The molecule has 7 heteroatoms. The number of nitrogens with one attached hydrogen (secondary N) is 1. The fourth-order valence-corrected chi connectivity index (χ4v) is 1.65. The molecule has 0 bridgehead atoms. The van der Waals surface area contributed by atoms with Gasteiger partial charge in [0.25, 0.3) is 0 Å². The van der Waals surface area contributed by atoms with Gasteiger partial charge in [0.05, 0.1) is 25.1 Å². The van der Waals surface area contributed by atoms with Gasteiger partial charge in [0.1, 0.15) is 0 Å². The summed E-state index contributed by atoms with van der Waals surface area (Å²) >= 11 is 0. The van der Waals surface area contributed by atoms with Crippen LogP contribution in [-0.2, 0) is 20.5 Å². The molecule has 0 radical (unpaired) electrons. The summed E-state index contributed by atoms with van der Waals surface area (Å²) in [6.07, 6.45) is 4.32. The minimum atomic E-state index is 0.150. The lowest BCUT2D eigenvalue weighted by Crippen LogP contribution is -2.21. The molecular formula is C9H15N7. The zero-order valence-electron chi connectivity index (χ0n) is 9.62. The van der Waals surface area contributed by atoms with E-state index in [9.17, 15) is 0 Å². The highest BCUT2D eigenvalue weighted by Crippen LogP contribution is 2.14. The van der Waals surface area contributed by atoms with Crippen LogP contribution in [0, 0.1) is 0 Å². The molecule has 1 unspecified atom stereocenters. The van der Waals surface area contributed by atoms with Gasteiger partial charge in [0, 0.05) is 19.7 Å². The maximum atomic E-state index is 4.16. The predicted octanol–water partition coefficient (Wildman–Crippen LogP) is -0.553. The second kappa shape index (κ2) is 4.40. The number of imidazole rings is 1. The summed E-state index contributed by atoms with van der Waals surface area (Å²) in [5, 5.41) is 15.2. The number of aryl methyl sites for hydroxylation is 2. The standard InChI is InChI=1S/C9H15N7/c1-10-7(8-5-11-6-15(8)2)4-9-12-14-16(3)13-9/h5-7,10H,4H2,1-3H3. The van der Waals surface area contributed by atoms with E-state index in [1.54, 1.807) is 13.4 Å². The van der Waals surface area contributed by atoms with Crippen LogP contribution < -0.4 is 5.32 Å². The Hall–Kier alpha value is -1.76. The molecule has 0 saturated heterocycles. The van der Waals surface area contributed by atoms with E-state index in [1.807, 2.05) is 24.9 Å². The molecule has 2 rings (SSSR count). The summed E-state index contributed by atoms with van der Waals surface area (Å²) in [6, 6.07) is 0.150. The molecule has 2 heterocycles. The van der Waals surface area contributed by atoms with Crippen molar-refractivity contribution in [3.8, 4) is 0 Å². The summed E-state index contributed by atoms with van der Waals surface area (Å²) in [6.45, 7) is 0. The highest BCUT2D eigenvalue weighted by Gasteiger charge is 2.15. The lowest BCUT2D eigenvalue weighted by atomic mass is 10.1. The smallest absolute Gasteiger partial charge is 0.176 e. The maximum Gasteiger partial charge on any atom is 0.176 e. The van der Waals surface area contributed by atoms with Gasteiger partial charge in [-0.1, -0.05) is 0 Å². The summed E-state index contributed by atoms with van der Waals surface area (Å²) in [5.74, 6) is 0.725. The third kappa shape index (κ3) is 2.08. The first-order chi connectivity index (χ1) is 7.70. The van der Waals surface area contributed by atoms with Crippen molar-refractivity contribution in [2.24, 2.45) is 14.1 Å². The Balaban J connectivity index is 2.15. The predicted molar refractivity (Wildman–Crippen MR) is 57.5 cm³/mol. The fourth-order valence-electron chi connectivity index (χ4n) is 1.65. The van der Waals surface area contributed by atoms with Crippen LogP contribution in [0.5, 0.6) is 0 Å². The molecule has 0 aliphatic rings. The number of hydrogen-bond donors (Lipinski definition) is 1. The Kier molecular flexibility index (Phi) is 2.95. The van der Waals surface area contributed by atoms with Crippen LogP contribution in [0.25, 0.3) is 0 Å². The highest BCUT2D eigenvalue weighted by molar-refractivity contribution is 5.07. The van der Waals surface area contributed by atoms with Gasteiger partial charge < -0.3 is 9.88 Å². The van der Waals surface area contributed by atoms with Crippen LogP contribution in [-0.4, -0.2) is 36.8 Å². The Bertz CT molecular complexity index is 458. The molecule has 2 aromatic rings. The van der Waals surface area contributed by atoms with Gasteiger partial charge in [-0.25, -0.2) is 4.98 Å². The number of tetrazole rings is 1. The van der Waals surface area contributed by atoms with Crippen LogP contribution in [0.15, 0.2) is 12.5 Å². The van der Waals surface area contributed by atoms with Crippen molar-refractivity contribution in [2.45, 2.75) is 12.5 Å². The van der Waals surface area contributed by atoms with Gasteiger partial charge in [0.15, 0.2) is 5.82 Å². The molecule has 1 N–H and O–H groups in total. The van der Waals surface area contributed by atoms with Gasteiger partial charge in [-0.3, -0.25) is 0 Å². The van der Waals surface area contributed by atoms with Crippen molar-refractivity contribution in [3.63, 3.8) is 0 Å². The van der Waals surface area contributed by atoms with Gasteiger partial charge in [-0.05, 0) is 12.3 Å². The second-order valence-corrected chi connectivity index (χ2v) is 3.67. The third-order valence-corrected chi connectivity index (χ3v) is 2.50. The number of likely N-dealkylation sites (N-methyl/N-ethyl adjacent to an activating group) is 1. The van der Waals surface area contributed by atoms with Crippen LogP contribution in [0.3, 0.4) is 0 Å². The molecule has 0 amide bonds. The summed E-state index contributed by atoms with van der Waals surface area (Å²) in [7, 11) is 5.64. The van der Waals surface area contributed by atoms with Crippen molar-refractivity contribution < 1.29 is 0 Å². The molecule has 7 nitrogen and oxygen atoms in total. The Morgan fingerprint density at radius 3 is 2.75 bits per heavy atom. The molecule has 16 heavy (non-hydrogen) atoms. The van der Waals surface area contributed by atoms with Crippen LogP contribution in [0.2, 0.25) is 0 Å². The Morgan fingerprint density at radius 2 is 2.25 bits per heavy atom. The van der Waals surface area contributed by atoms with Crippen molar-refractivity contribution >= 4 is 0 Å². The lowest BCUT2D eigenvalue weighted by molar-refractivity contribution is 0.539. The zero-order valence-corrected chi connectivity index (χ0v) is 9.62. The molecule has 0 fully saturated rings. The minimum Gasteiger partial charge on any atom is -0.336 e. The number of aromatic nitrogens is 6. The minimum absolute atomic E-state index is 0.150. The second-order valence-electron chi connectivity index (χ2n) is 3.67. The van der Waals surface area contributed by atoms with E-state index in [0.717, 1.165) is 11.5 Å². The van der Waals surface area contributed by atoms with E-state index in [1.165, 1.54) is 4.80 Å². The van der Waals surface area contributed by atoms with Crippen molar-refractivity contribution in [2.75, 3.05) is 7.05 Å². The average molecular weight is 221 g/mol. The first kappa shape index (κ1) is 10.7. The Labute approximate surface area is 93.5 Å². The molecule has 0 aliphatic carbocycles. The van der Waals surface area contributed by atoms with Crippen LogP contribution in [0.4, 0.5) is 0 Å². The van der Waals surface area contributed by atoms with E-state index in [-0.39, 0.29) is 6.04 Å². The first-order valence-electron chi connectivity index (χ1n) is 5.07. The quantitative estimate of drug-likeness (QED) is 0.749. The van der Waals surface area contributed by atoms with E-state index in [2.05, 4.69) is 25.7 Å². The molecule has 1 atom stereocenters. The molecular weight excluding hydrogens is 206 g/mol. The highest BCUT2D eigenvalue weighted by atomic mass is 15.6. The molecule has 0 saturated carbocycles. The van der Waals surface area contributed by atoms with Crippen molar-refractivity contribution in [1.82, 2.24) is 35.1 Å². The van der Waals surface area contributed by atoms with Gasteiger partial charge in [-0.2, -0.15) is 4.80 Å². The molecule has 0 aliphatic heterocycles.